The van der Waals surface area contributed by atoms with E-state index in [4.69, 9.17) is 0 Å². The number of benzene rings is 1. The van der Waals surface area contributed by atoms with E-state index in [1.54, 1.807) is 19.1 Å². The number of alkyl halides is 3. The minimum atomic E-state index is -4.52. The molecule has 1 aromatic heterocycles. The molecule has 0 aliphatic carbocycles. The topological polar surface area (TPSA) is 49.8 Å². The molecule has 0 spiro atoms. The van der Waals surface area contributed by atoms with Crippen molar-refractivity contribution in [2.24, 2.45) is 0 Å². The predicted molar refractivity (Wildman–Crippen MR) is 75.7 cm³/mol. The summed E-state index contributed by atoms with van der Waals surface area (Å²) < 4.78 is 38.6. The van der Waals surface area contributed by atoms with E-state index in [2.05, 4.69) is 20.6 Å². The van der Waals surface area contributed by atoms with Crippen molar-refractivity contribution in [3.63, 3.8) is 0 Å². The van der Waals surface area contributed by atoms with Crippen LogP contribution in [0.1, 0.15) is 18.2 Å². The molecule has 0 aliphatic heterocycles. The molecular weight excluding hydrogens is 281 g/mol. The minimum Gasteiger partial charge on any atom is -0.354 e. The molecule has 0 unspecified atom stereocenters. The van der Waals surface area contributed by atoms with Gasteiger partial charge in [-0.1, -0.05) is 18.2 Å². The minimum absolute atomic E-state index is 0.0524. The Bertz CT molecular complexity index is 626. The van der Waals surface area contributed by atoms with Gasteiger partial charge in [-0.3, -0.25) is 0 Å². The van der Waals surface area contributed by atoms with Gasteiger partial charge in [-0.15, -0.1) is 0 Å². The highest BCUT2D eigenvalue weighted by atomic mass is 19.4. The van der Waals surface area contributed by atoms with Gasteiger partial charge in [0.05, 0.1) is 0 Å². The number of nitrogens with one attached hydrogen (secondary N) is 2. The molecule has 0 bridgehead atoms. The van der Waals surface area contributed by atoms with Crippen LogP contribution in [0.5, 0.6) is 0 Å². The Labute approximate surface area is 120 Å². The van der Waals surface area contributed by atoms with Gasteiger partial charge in [-0.25, -0.2) is 4.98 Å². The molecule has 0 atom stereocenters. The van der Waals surface area contributed by atoms with Crippen LogP contribution in [0.2, 0.25) is 0 Å². The Hall–Kier alpha value is -2.31. The van der Waals surface area contributed by atoms with Gasteiger partial charge in [0.1, 0.15) is 5.82 Å². The van der Waals surface area contributed by atoms with Crippen molar-refractivity contribution in [3.8, 4) is 0 Å². The molecule has 0 aliphatic rings. The molecule has 0 saturated carbocycles. The summed E-state index contributed by atoms with van der Waals surface area (Å²) in [4.78, 5) is 7.51. The number of halogens is 3. The zero-order chi connectivity index (χ0) is 15.5. The van der Waals surface area contributed by atoms with Gasteiger partial charge >= 0.3 is 6.18 Å². The van der Waals surface area contributed by atoms with Gasteiger partial charge in [0, 0.05) is 18.3 Å². The van der Waals surface area contributed by atoms with Gasteiger partial charge in [-0.2, -0.15) is 18.2 Å². The van der Waals surface area contributed by atoms with E-state index in [0.29, 0.717) is 12.2 Å². The Morgan fingerprint density at radius 1 is 1.14 bits per heavy atom. The first-order chi connectivity index (χ1) is 9.90. The SMILES string of the molecule is CCNc1nc(Nc2ccccc2C)cc(C(F)(F)F)n1. The number of rotatable bonds is 4. The highest BCUT2D eigenvalue weighted by Crippen LogP contribution is 2.30. The van der Waals surface area contributed by atoms with Crippen LogP contribution in [0.3, 0.4) is 0 Å². The quantitative estimate of drug-likeness (QED) is 0.896. The summed E-state index contributed by atoms with van der Waals surface area (Å²) in [5.41, 5.74) is 0.631. The predicted octanol–water partition coefficient (Wildman–Crippen LogP) is 3.98. The van der Waals surface area contributed by atoms with Crippen molar-refractivity contribution in [1.29, 1.82) is 0 Å². The highest BCUT2D eigenvalue weighted by Gasteiger charge is 2.33. The lowest BCUT2D eigenvalue weighted by molar-refractivity contribution is -0.141. The zero-order valence-electron chi connectivity index (χ0n) is 11.6. The molecule has 0 amide bonds. The standard InChI is InChI=1S/C14H15F3N4/c1-3-18-13-20-11(14(15,16)17)8-12(21-13)19-10-7-5-4-6-9(10)2/h4-8H,3H2,1-2H3,(H2,18,19,20,21). The summed E-state index contributed by atoms with van der Waals surface area (Å²) in [6, 6.07) is 8.18. The highest BCUT2D eigenvalue weighted by molar-refractivity contribution is 5.61. The lowest BCUT2D eigenvalue weighted by Gasteiger charge is -2.13. The van der Waals surface area contributed by atoms with Crippen molar-refractivity contribution >= 4 is 17.5 Å². The molecule has 0 radical (unpaired) electrons. The van der Waals surface area contributed by atoms with E-state index in [1.165, 1.54) is 0 Å². The van der Waals surface area contributed by atoms with Crippen molar-refractivity contribution in [1.82, 2.24) is 9.97 Å². The Balaban J connectivity index is 2.38. The number of hydrogen-bond acceptors (Lipinski definition) is 4. The average molecular weight is 296 g/mol. The summed E-state index contributed by atoms with van der Waals surface area (Å²) in [5, 5.41) is 5.59. The fourth-order valence-electron chi connectivity index (χ4n) is 1.74. The number of para-hydroxylation sites is 1. The molecule has 1 aromatic carbocycles. The first kappa shape index (κ1) is 15.1. The molecule has 2 N–H and O–H groups in total. The first-order valence-electron chi connectivity index (χ1n) is 6.43. The van der Waals surface area contributed by atoms with E-state index < -0.39 is 11.9 Å². The fraction of sp³-hybridized carbons (Fsp3) is 0.286. The summed E-state index contributed by atoms with van der Waals surface area (Å²) in [5.74, 6) is 0.0472. The maximum Gasteiger partial charge on any atom is 0.433 e. The van der Waals surface area contributed by atoms with Crippen LogP contribution in [0.4, 0.5) is 30.6 Å². The molecular formula is C14H15F3N4. The van der Waals surface area contributed by atoms with E-state index >= 15 is 0 Å². The van der Waals surface area contributed by atoms with Crippen LogP contribution in [0, 0.1) is 6.92 Å². The summed E-state index contributed by atoms with van der Waals surface area (Å²) in [6.07, 6.45) is -4.52. The first-order valence-corrected chi connectivity index (χ1v) is 6.43. The molecule has 21 heavy (non-hydrogen) atoms. The van der Waals surface area contributed by atoms with Crippen molar-refractivity contribution < 1.29 is 13.2 Å². The number of aryl methyl sites for hydroxylation is 1. The zero-order valence-corrected chi connectivity index (χ0v) is 11.6. The van der Waals surface area contributed by atoms with Gasteiger partial charge in [-0.05, 0) is 25.5 Å². The van der Waals surface area contributed by atoms with Crippen LogP contribution >= 0.6 is 0 Å². The van der Waals surface area contributed by atoms with Gasteiger partial charge in [0.2, 0.25) is 5.95 Å². The summed E-state index contributed by atoms with van der Waals surface area (Å²) in [6.45, 7) is 4.06. The number of nitrogens with zero attached hydrogens (tertiary/aromatic N) is 2. The number of hydrogen-bond donors (Lipinski definition) is 2. The van der Waals surface area contributed by atoms with Crippen LogP contribution in [0.25, 0.3) is 0 Å². The molecule has 2 rings (SSSR count). The third-order valence-corrected chi connectivity index (χ3v) is 2.76. The number of aromatic nitrogens is 2. The smallest absolute Gasteiger partial charge is 0.354 e. The second-order valence-corrected chi connectivity index (χ2v) is 4.43. The van der Waals surface area contributed by atoms with Crippen molar-refractivity contribution in [2.45, 2.75) is 20.0 Å². The maximum absolute atomic E-state index is 12.9. The van der Waals surface area contributed by atoms with Crippen LogP contribution in [-0.4, -0.2) is 16.5 Å². The Morgan fingerprint density at radius 3 is 2.48 bits per heavy atom. The van der Waals surface area contributed by atoms with Crippen LogP contribution in [0.15, 0.2) is 30.3 Å². The van der Waals surface area contributed by atoms with E-state index in [1.807, 2.05) is 19.1 Å². The largest absolute Gasteiger partial charge is 0.433 e. The van der Waals surface area contributed by atoms with E-state index in [0.717, 1.165) is 11.6 Å². The number of anilines is 3. The third-order valence-electron chi connectivity index (χ3n) is 2.76. The van der Waals surface area contributed by atoms with Crippen molar-refractivity contribution in [3.05, 3.63) is 41.6 Å². The fourth-order valence-corrected chi connectivity index (χ4v) is 1.74. The molecule has 4 nitrogen and oxygen atoms in total. The summed E-state index contributed by atoms with van der Waals surface area (Å²) in [7, 11) is 0. The second-order valence-electron chi connectivity index (χ2n) is 4.43. The van der Waals surface area contributed by atoms with E-state index in [9.17, 15) is 13.2 Å². The normalized spacial score (nSPS) is 11.3. The summed E-state index contributed by atoms with van der Waals surface area (Å²) >= 11 is 0. The Morgan fingerprint density at radius 2 is 1.86 bits per heavy atom. The van der Waals surface area contributed by atoms with Gasteiger partial charge in [0.25, 0.3) is 0 Å². The maximum atomic E-state index is 12.9. The molecule has 2 aromatic rings. The average Bonchev–Trinajstić information content (AvgIpc) is 2.41. The van der Waals surface area contributed by atoms with Crippen LogP contribution in [-0.2, 0) is 6.18 Å². The molecule has 0 fully saturated rings. The lowest BCUT2D eigenvalue weighted by atomic mass is 10.2. The van der Waals surface area contributed by atoms with E-state index in [-0.39, 0.29) is 11.8 Å². The molecule has 1 heterocycles. The van der Waals surface area contributed by atoms with Crippen molar-refractivity contribution in [2.75, 3.05) is 17.2 Å². The molecule has 0 saturated heterocycles. The molecule has 7 heteroatoms. The van der Waals surface area contributed by atoms with Gasteiger partial charge in [0.15, 0.2) is 5.69 Å². The molecule has 112 valence electrons. The Kier molecular flexibility index (Phi) is 4.30. The monoisotopic (exact) mass is 296 g/mol. The second kappa shape index (κ2) is 5.99. The third kappa shape index (κ3) is 3.84. The van der Waals surface area contributed by atoms with Crippen LogP contribution < -0.4 is 10.6 Å². The lowest BCUT2D eigenvalue weighted by Crippen LogP contribution is -2.13. The van der Waals surface area contributed by atoms with Gasteiger partial charge < -0.3 is 10.6 Å².